The third-order valence-electron chi connectivity index (χ3n) is 5.94. The average molecular weight is 431 g/mol. The molecule has 0 saturated heterocycles. The molecule has 0 radical (unpaired) electrons. The fourth-order valence-electron chi connectivity index (χ4n) is 4.01. The van der Waals surface area contributed by atoms with E-state index in [1.165, 1.54) is 30.3 Å². The number of halogens is 5. The van der Waals surface area contributed by atoms with Crippen LogP contribution in [0.3, 0.4) is 0 Å². The van der Waals surface area contributed by atoms with Crippen LogP contribution in [0.2, 0.25) is 0 Å². The van der Waals surface area contributed by atoms with E-state index < -0.39 is 35.2 Å². The van der Waals surface area contributed by atoms with Gasteiger partial charge >= 0.3 is 6.18 Å². The fraction of sp³-hybridized carbons (Fsp3) is 0.545. The highest BCUT2D eigenvalue weighted by atomic mass is 19.4. The monoisotopic (exact) mass is 431 g/mol. The van der Waals surface area contributed by atoms with E-state index in [1.807, 2.05) is 0 Å². The highest BCUT2D eigenvalue weighted by molar-refractivity contribution is 5.89. The molecular weight excluding hydrogens is 405 g/mol. The van der Waals surface area contributed by atoms with Gasteiger partial charge in [-0.15, -0.1) is 0 Å². The lowest BCUT2D eigenvalue weighted by molar-refractivity contribution is -0.138. The largest absolute Gasteiger partial charge is 0.490 e. The summed E-state index contributed by atoms with van der Waals surface area (Å²) >= 11 is 0. The van der Waals surface area contributed by atoms with E-state index in [4.69, 9.17) is 10.5 Å². The second-order valence-electron chi connectivity index (χ2n) is 8.50. The van der Waals surface area contributed by atoms with Crippen LogP contribution >= 0.6 is 0 Å². The van der Waals surface area contributed by atoms with Crippen LogP contribution in [-0.4, -0.2) is 23.7 Å². The van der Waals surface area contributed by atoms with E-state index >= 15 is 0 Å². The van der Waals surface area contributed by atoms with Gasteiger partial charge < -0.3 is 15.6 Å². The van der Waals surface area contributed by atoms with Gasteiger partial charge in [0.25, 0.3) is 0 Å². The molecule has 2 aromatic carbocycles. The standard InChI is InChI=1S/C22H26F5NO2/c1-20(28,12-29)15-6-9-17-13(11-15)3-10-18(19(17)22(25,26)27)30-16-7-4-14(5-8-16)21(2,23)24/h3,6,9-11,14,16,29H,4-5,7-8,12,28H2,1-2H3/t14-,16-,20-/m0/s1. The minimum absolute atomic E-state index is 0.0359. The molecule has 3 N–H and O–H groups in total. The second kappa shape index (κ2) is 7.96. The van der Waals surface area contributed by atoms with Crippen LogP contribution in [0.15, 0.2) is 30.3 Å². The first kappa shape index (κ1) is 22.7. The Labute approximate surface area is 172 Å². The quantitative estimate of drug-likeness (QED) is 0.605. The van der Waals surface area contributed by atoms with Gasteiger partial charge in [0.05, 0.1) is 18.2 Å². The van der Waals surface area contributed by atoms with Crippen molar-refractivity contribution in [1.82, 2.24) is 0 Å². The number of aliphatic hydroxyl groups excluding tert-OH is 1. The Morgan fingerprint density at radius 1 is 1.00 bits per heavy atom. The van der Waals surface area contributed by atoms with E-state index in [-0.39, 0.29) is 43.4 Å². The van der Waals surface area contributed by atoms with Crippen LogP contribution in [0.5, 0.6) is 5.75 Å². The molecule has 3 rings (SSSR count). The van der Waals surface area contributed by atoms with Crippen LogP contribution in [0.25, 0.3) is 10.8 Å². The molecule has 1 aliphatic carbocycles. The van der Waals surface area contributed by atoms with Crippen molar-refractivity contribution in [3.05, 3.63) is 41.5 Å². The Morgan fingerprint density at radius 2 is 1.63 bits per heavy atom. The van der Waals surface area contributed by atoms with Gasteiger partial charge in [-0.05, 0) is 68.0 Å². The topological polar surface area (TPSA) is 55.5 Å². The summed E-state index contributed by atoms with van der Waals surface area (Å²) < 4.78 is 74.4. The minimum atomic E-state index is -4.66. The molecule has 1 saturated carbocycles. The summed E-state index contributed by atoms with van der Waals surface area (Å²) in [5, 5.41) is 9.72. The second-order valence-corrected chi connectivity index (χ2v) is 8.50. The number of alkyl halides is 5. The zero-order chi connectivity index (χ0) is 22.3. The maximum atomic E-state index is 13.9. The maximum Gasteiger partial charge on any atom is 0.420 e. The van der Waals surface area contributed by atoms with Crippen molar-refractivity contribution in [2.24, 2.45) is 11.7 Å². The van der Waals surface area contributed by atoms with E-state index in [1.54, 1.807) is 6.92 Å². The summed E-state index contributed by atoms with van der Waals surface area (Å²) in [5.41, 5.74) is 4.54. The van der Waals surface area contributed by atoms with Crippen LogP contribution < -0.4 is 10.5 Å². The Kier molecular flexibility index (Phi) is 6.04. The molecule has 0 heterocycles. The van der Waals surface area contributed by atoms with Crippen LogP contribution in [0.1, 0.15) is 50.7 Å². The molecule has 0 amide bonds. The predicted molar refractivity (Wildman–Crippen MR) is 105 cm³/mol. The Hall–Kier alpha value is -1.93. The average Bonchev–Trinajstić information content (AvgIpc) is 2.66. The smallest absolute Gasteiger partial charge is 0.420 e. The third-order valence-corrected chi connectivity index (χ3v) is 5.94. The first-order valence-electron chi connectivity index (χ1n) is 9.91. The van der Waals surface area contributed by atoms with Gasteiger partial charge in [-0.1, -0.05) is 18.2 Å². The van der Waals surface area contributed by atoms with Crippen LogP contribution in [-0.2, 0) is 11.7 Å². The van der Waals surface area contributed by atoms with Crippen molar-refractivity contribution in [2.45, 2.75) is 63.3 Å². The summed E-state index contributed by atoms with van der Waals surface area (Å²) in [5.74, 6) is -3.87. The van der Waals surface area contributed by atoms with Gasteiger partial charge in [-0.3, -0.25) is 0 Å². The number of nitrogens with two attached hydrogens (primary N) is 1. The number of rotatable bonds is 5. The first-order chi connectivity index (χ1) is 13.8. The lowest BCUT2D eigenvalue weighted by Gasteiger charge is -2.32. The summed E-state index contributed by atoms with van der Waals surface area (Å²) in [6, 6.07) is 7.10. The van der Waals surface area contributed by atoms with Crippen molar-refractivity contribution >= 4 is 10.8 Å². The molecule has 0 spiro atoms. The molecular formula is C22H26F5NO2. The van der Waals surface area contributed by atoms with Gasteiger partial charge in [-0.25, -0.2) is 8.78 Å². The van der Waals surface area contributed by atoms with Crippen molar-refractivity contribution in [3.8, 4) is 5.75 Å². The van der Waals surface area contributed by atoms with E-state index in [2.05, 4.69) is 0 Å². The molecule has 1 fully saturated rings. The number of hydrogen-bond donors (Lipinski definition) is 2. The summed E-state index contributed by atoms with van der Waals surface area (Å²) in [6.45, 7) is 2.11. The number of hydrogen-bond acceptors (Lipinski definition) is 3. The molecule has 1 aliphatic rings. The highest BCUT2D eigenvalue weighted by Gasteiger charge is 2.40. The zero-order valence-corrected chi connectivity index (χ0v) is 16.9. The Balaban J connectivity index is 1.93. The van der Waals surface area contributed by atoms with Gasteiger partial charge in [-0.2, -0.15) is 13.2 Å². The summed E-state index contributed by atoms with van der Waals surface area (Å²) in [4.78, 5) is 0. The SMILES string of the molecule is CC(F)(F)[C@H]1CC[C@H](Oc2ccc3cc([C@@](C)(N)CO)ccc3c2C(F)(F)F)CC1. The first-order valence-corrected chi connectivity index (χ1v) is 9.91. The maximum absolute atomic E-state index is 13.9. The number of benzene rings is 2. The van der Waals surface area contributed by atoms with Crippen molar-refractivity contribution < 1.29 is 31.8 Å². The summed E-state index contributed by atoms with van der Waals surface area (Å²) in [6.07, 6.45) is -4.21. The molecule has 3 nitrogen and oxygen atoms in total. The van der Waals surface area contributed by atoms with Gasteiger partial charge in [0.1, 0.15) is 11.3 Å². The fourth-order valence-corrected chi connectivity index (χ4v) is 4.01. The summed E-state index contributed by atoms with van der Waals surface area (Å²) in [7, 11) is 0. The molecule has 0 unspecified atom stereocenters. The molecule has 2 aromatic rings. The minimum Gasteiger partial charge on any atom is -0.490 e. The van der Waals surface area contributed by atoms with Crippen LogP contribution in [0.4, 0.5) is 22.0 Å². The number of fused-ring (bicyclic) bond motifs is 1. The Bertz CT molecular complexity index is 897. The van der Waals surface area contributed by atoms with E-state index in [0.717, 1.165) is 6.92 Å². The number of ether oxygens (including phenoxy) is 1. The molecule has 0 aromatic heterocycles. The van der Waals surface area contributed by atoms with Crippen molar-refractivity contribution in [3.63, 3.8) is 0 Å². The van der Waals surface area contributed by atoms with Crippen molar-refractivity contribution in [2.75, 3.05) is 6.61 Å². The normalized spacial score (nSPS) is 22.7. The van der Waals surface area contributed by atoms with E-state index in [9.17, 15) is 27.1 Å². The molecule has 30 heavy (non-hydrogen) atoms. The molecule has 166 valence electrons. The molecule has 0 bridgehead atoms. The van der Waals surface area contributed by atoms with Crippen LogP contribution in [0, 0.1) is 5.92 Å². The molecule has 1 atom stereocenters. The molecule has 8 heteroatoms. The van der Waals surface area contributed by atoms with Gasteiger partial charge in [0, 0.05) is 5.92 Å². The third kappa shape index (κ3) is 4.70. The lowest BCUT2D eigenvalue weighted by atomic mass is 9.83. The predicted octanol–water partition coefficient (Wildman–Crippen LogP) is 5.62. The van der Waals surface area contributed by atoms with Gasteiger partial charge in [0.15, 0.2) is 0 Å². The Morgan fingerprint density at radius 3 is 2.17 bits per heavy atom. The van der Waals surface area contributed by atoms with E-state index in [0.29, 0.717) is 10.9 Å². The van der Waals surface area contributed by atoms with Gasteiger partial charge in [0.2, 0.25) is 5.92 Å². The van der Waals surface area contributed by atoms with Crippen molar-refractivity contribution in [1.29, 1.82) is 0 Å². The lowest BCUT2D eigenvalue weighted by Crippen LogP contribution is -2.36. The number of aliphatic hydroxyl groups is 1. The highest BCUT2D eigenvalue weighted by Crippen LogP contribution is 2.44. The zero-order valence-electron chi connectivity index (χ0n) is 16.9. The molecule has 0 aliphatic heterocycles.